The Morgan fingerprint density at radius 2 is 1.43 bits per heavy atom. The molecule has 0 aromatic heterocycles. The van der Waals surface area contributed by atoms with E-state index in [1.165, 1.54) is 22.3 Å². The lowest BCUT2D eigenvalue weighted by Gasteiger charge is -2.10. The molecule has 0 atom stereocenters. The van der Waals surface area contributed by atoms with Gasteiger partial charge in [0, 0.05) is 0 Å². The van der Waals surface area contributed by atoms with Crippen LogP contribution in [0.5, 0.6) is 5.75 Å². The maximum Gasteiger partial charge on any atom is 0.387 e. The van der Waals surface area contributed by atoms with Crippen LogP contribution < -0.4 is 4.74 Å². The van der Waals surface area contributed by atoms with Gasteiger partial charge in [-0.3, -0.25) is 0 Å². The molecule has 23 heavy (non-hydrogen) atoms. The molecule has 3 heteroatoms. The summed E-state index contributed by atoms with van der Waals surface area (Å²) in [4.78, 5) is 0. The summed E-state index contributed by atoms with van der Waals surface area (Å²) in [6.45, 7) is -2.80. The van der Waals surface area contributed by atoms with E-state index in [0.29, 0.717) is 0 Å². The summed E-state index contributed by atoms with van der Waals surface area (Å²) in [7, 11) is 0. The lowest BCUT2D eigenvalue weighted by Crippen LogP contribution is -2.01. The van der Waals surface area contributed by atoms with Gasteiger partial charge in [0.2, 0.25) is 0 Å². The van der Waals surface area contributed by atoms with Crippen molar-refractivity contribution in [3.05, 3.63) is 77.9 Å². The molecule has 0 unspecified atom stereocenters. The minimum absolute atomic E-state index is 0.180. The Labute approximate surface area is 133 Å². The quantitative estimate of drug-likeness (QED) is 0.484. The number of rotatable bonds is 3. The van der Waals surface area contributed by atoms with Gasteiger partial charge in [0.15, 0.2) is 0 Å². The van der Waals surface area contributed by atoms with Crippen molar-refractivity contribution in [2.24, 2.45) is 0 Å². The van der Waals surface area contributed by atoms with Crippen LogP contribution in [-0.2, 0) is 6.42 Å². The Balaban J connectivity index is 1.74. The smallest absolute Gasteiger partial charge is 0.387 e. The molecule has 1 nitrogen and oxygen atoms in total. The fraction of sp³-hybridized carbons (Fsp3) is 0.100. The van der Waals surface area contributed by atoms with E-state index in [2.05, 4.69) is 41.1 Å². The van der Waals surface area contributed by atoms with Gasteiger partial charge in [-0.1, -0.05) is 54.6 Å². The van der Waals surface area contributed by atoms with Crippen molar-refractivity contribution >= 4 is 0 Å². The molecule has 0 radical (unpaired) electrons. The maximum absolute atomic E-state index is 12.3. The first kappa shape index (κ1) is 13.9. The minimum atomic E-state index is -2.80. The van der Waals surface area contributed by atoms with E-state index < -0.39 is 6.61 Å². The predicted octanol–water partition coefficient (Wildman–Crippen LogP) is 5.53. The van der Waals surface area contributed by atoms with E-state index in [0.717, 1.165) is 17.5 Å². The maximum atomic E-state index is 12.3. The third kappa shape index (κ3) is 2.48. The van der Waals surface area contributed by atoms with Gasteiger partial charge < -0.3 is 4.74 Å². The van der Waals surface area contributed by atoms with E-state index in [1.807, 2.05) is 18.2 Å². The molecular formula is C20H14F2O. The molecule has 1 aliphatic carbocycles. The summed E-state index contributed by atoms with van der Waals surface area (Å²) in [5.74, 6) is 0.180. The highest BCUT2D eigenvalue weighted by Gasteiger charge is 2.20. The molecule has 0 heterocycles. The van der Waals surface area contributed by atoms with Crippen LogP contribution in [0.4, 0.5) is 8.78 Å². The third-order valence-electron chi connectivity index (χ3n) is 4.24. The molecule has 0 fully saturated rings. The number of alkyl halides is 2. The molecular weight excluding hydrogens is 294 g/mol. The summed E-state index contributed by atoms with van der Waals surface area (Å²) in [6.07, 6.45) is 0.900. The summed E-state index contributed by atoms with van der Waals surface area (Å²) < 4.78 is 28.9. The van der Waals surface area contributed by atoms with E-state index in [-0.39, 0.29) is 5.75 Å². The fourth-order valence-electron chi connectivity index (χ4n) is 3.24. The number of fused-ring (bicyclic) bond motifs is 3. The Morgan fingerprint density at radius 1 is 0.739 bits per heavy atom. The fourth-order valence-corrected chi connectivity index (χ4v) is 3.24. The van der Waals surface area contributed by atoms with Crippen molar-refractivity contribution < 1.29 is 13.5 Å². The summed E-state index contributed by atoms with van der Waals surface area (Å²) in [5.41, 5.74) is 7.30. The van der Waals surface area contributed by atoms with Crippen molar-refractivity contribution in [3.63, 3.8) is 0 Å². The van der Waals surface area contributed by atoms with Crippen LogP contribution in [0, 0.1) is 0 Å². The second-order valence-electron chi connectivity index (χ2n) is 5.57. The first-order valence-corrected chi connectivity index (χ1v) is 7.48. The molecule has 0 aliphatic heterocycles. The summed E-state index contributed by atoms with van der Waals surface area (Å²) in [6, 6.07) is 21.5. The van der Waals surface area contributed by atoms with Gasteiger partial charge in [-0.05, 0) is 51.9 Å². The standard InChI is InChI=1S/C20H14F2O/c21-20(22)23-15-10-8-13(9-11-15)16-6-3-7-18-17-5-2-1-4-14(17)12-19(16)18/h1-11,20H,12H2. The van der Waals surface area contributed by atoms with Crippen LogP contribution in [0.1, 0.15) is 11.1 Å². The van der Waals surface area contributed by atoms with E-state index in [9.17, 15) is 8.78 Å². The Kier molecular flexibility index (Phi) is 3.34. The summed E-state index contributed by atoms with van der Waals surface area (Å²) >= 11 is 0. The van der Waals surface area contributed by atoms with Crippen LogP contribution in [0.15, 0.2) is 66.7 Å². The number of halogens is 2. The van der Waals surface area contributed by atoms with Gasteiger partial charge >= 0.3 is 6.61 Å². The van der Waals surface area contributed by atoms with Gasteiger partial charge in [-0.25, -0.2) is 0 Å². The molecule has 3 aromatic carbocycles. The highest BCUT2D eigenvalue weighted by Crippen LogP contribution is 2.41. The zero-order valence-electron chi connectivity index (χ0n) is 12.3. The Morgan fingerprint density at radius 3 is 2.22 bits per heavy atom. The summed E-state index contributed by atoms with van der Waals surface area (Å²) in [5, 5.41) is 0. The zero-order chi connectivity index (χ0) is 15.8. The largest absolute Gasteiger partial charge is 0.435 e. The van der Waals surface area contributed by atoms with Gasteiger partial charge in [0.1, 0.15) is 5.75 Å². The van der Waals surface area contributed by atoms with E-state index in [1.54, 1.807) is 12.1 Å². The molecule has 4 rings (SSSR count). The molecule has 114 valence electrons. The third-order valence-corrected chi connectivity index (χ3v) is 4.24. The molecule has 3 aromatic rings. The van der Waals surface area contributed by atoms with Crippen molar-refractivity contribution in [3.8, 4) is 28.0 Å². The van der Waals surface area contributed by atoms with E-state index in [4.69, 9.17) is 0 Å². The molecule has 0 N–H and O–H groups in total. The van der Waals surface area contributed by atoms with Crippen molar-refractivity contribution in [1.82, 2.24) is 0 Å². The van der Waals surface area contributed by atoms with Crippen LogP contribution >= 0.6 is 0 Å². The number of ether oxygens (including phenoxy) is 1. The zero-order valence-corrected chi connectivity index (χ0v) is 12.3. The van der Waals surface area contributed by atoms with Gasteiger partial charge in [0.25, 0.3) is 0 Å². The lowest BCUT2D eigenvalue weighted by molar-refractivity contribution is -0.0498. The topological polar surface area (TPSA) is 9.23 Å². The first-order valence-electron chi connectivity index (χ1n) is 7.48. The highest BCUT2D eigenvalue weighted by atomic mass is 19.3. The average molecular weight is 308 g/mol. The molecule has 0 amide bonds. The number of hydrogen-bond acceptors (Lipinski definition) is 1. The van der Waals surface area contributed by atoms with Crippen LogP contribution in [0.3, 0.4) is 0 Å². The van der Waals surface area contributed by atoms with Crippen LogP contribution in [0.2, 0.25) is 0 Å². The van der Waals surface area contributed by atoms with Crippen LogP contribution in [0.25, 0.3) is 22.3 Å². The SMILES string of the molecule is FC(F)Oc1ccc(-c2cccc3c2Cc2ccccc2-3)cc1. The van der Waals surface area contributed by atoms with Gasteiger partial charge in [-0.15, -0.1) is 0 Å². The predicted molar refractivity (Wildman–Crippen MR) is 86.8 cm³/mol. The van der Waals surface area contributed by atoms with Crippen LogP contribution in [-0.4, -0.2) is 6.61 Å². The first-order chi connectivity index (χ1) is 11.2. The monoisotopic (exact) mass is 308 g/mol. The second-order valence-corrected chi connectivity index (χ2v) is 5.57. The second kappa shape index (κ2) is 5.51. The van der Waals surface area contributed by atoms with Crippen molar-refractivity contribution in [1.29, 1.82) is 0 Å². The average Bonchev–Trinajstić information content (AvgIpc) is 2.94. The highest BCUT2D eigenvalue weighted by molar-refractivity contribution is 5.84. The Hall–Kier alpha value is -2.68. The molecule has 0 saturated heterocycles. The van der Waals surface area contributed by atoms with Crippen molar-refractivity contribution in [2.45, 2.75) is 13.0 Å². The molecule has 0 spiro atoms. The van der Waals surface area contributed by atoms with E-state index >= 15 is 0 Å². The van der Waals surface area contributed by atoms with Gasteiger partial charge in [0.05, 0.1) is 0 Å². The number of hydrogen-bond donors (Lipinski definition) is 0. The molecule has 0 bridgehead atoms. The normalized spacial score (nSPS) is 12.1. The Bertz CT molecular complexity index is 854. The minimum Gasteiger partial charge on any atom is -0.435 e. The molecule has 1 aliphatic rings. The van der Waals surface area contributed by atoms with Gasteiger partial charge in [-0.2, -0.15) is 8.78 Å². The van der Waals surface area contributed by atoms with Crippen molar-refractivity contribution in [2.75, 3.05) is 0 Å². The molecule has 0 saturated carbocycles. The number of benzene rings is 3. The lowest BCUT2D eigenvalue weighted by atomic mass is 9.96.